The molecule has 0 radical (unpaired) electrons. The van der Waals surface area contributed by atoms with Gasteiger partial charge in [0.2, 0.25) is 0 Å². The van der Waals surface area contributed by atoms with Crippen molar-refractivity contribution in [3.05, 3.63) is 35.9 Å². The minimum absolute atomic E-state index is 1.18. The molecule has 1 aromatic carbocycles. The zero-order valence-corrected chi connectivity index (χ0v) is 16.0. The molecule has 0 N–H and O–H groups in total. The van der Waals surface area contributed by atoms with Crippen LogP contribution in [0.4, 0.5) is 0 Å². The van der Waals surface area contributed by atoms with E-state index in [2.05, 4.69) is 51.2 Å². The monoisotopic (exact) mass is 318 g/mol. The lowest BCUT2D eigenvalue weighted by atomic mass is 10.1. The van der Waals surface area contributed by atoms with E-state index in [1.807, 2.05) is 0 Å². The van der Waals surface area contributed by atoms with Crippen molar-refractivity contribution in [1.82, 2.24) is 0 Å². The van der Waals surface area contributed by atoms with E-state index in [-0.39, 0.29) is 0 Å². The molecule has 0 amide bonds. The fourth-order valence-corrected chi connectivity index (χ4v) is 3.35. The van der Waals surface area contributed by atoms with Crippen molar-refractivity contribution in [2.75, 3.05) is 20.1 Å². The Morgan fingerprint density at radius 1 is 0.696 bits per heavy atom. The van der Waals surface area contributed by atoms with Crippen LogP contribution in [0.3, 0.4) is 0 Å². The Bertz CT molecular complexity index is 373. The van der Waals surface area contributed by atoms with Crippen molar-refractivity contribution in [3.63, 3.8) is 0 Å². The van der Waals surface area contributed by atoms with Gasteiger partial charge in [-0.2, -0.15) is 0 Å². The molecule has 1 heteroatoms. The molecular weight excluding hydrogens is 278 g/mol. The number of quaternary nitrogens is 1. The molecule has 1 atom stereocenters. The van der Waals surface area contributed by atoms with Gasteiger partial charge in [-0.1, -0.05) is 88.6 Å². The van der Waals surface area contributed by atoms with Crippen LogP contribution in [0.5, 0.6) is 0 Å². The van der Waals surface area contributed by atoms with Crippen LogP contribution in [0, 0.1) is 0 Å². The predicted octanol–water partition coefficient (Wildman–Crippen LogP) is 6.57. The second kappa shape index (κ2) is 12.6. The second-order valence-electron chi connectivity index (χ2n) is 7.49. The normalized spacial score (nSPS) is 13.9. The Morgan fingerprint density at radius 2 is 1.22 bits per heavy atom. The molecule has 0 aliphatic heterocycles. The van der Waals surface area contributed by atoms with Gasteiger partial charge in [-0.15, -0.1) is 0 Å². The van der Waals surface area contributed by atoms with Gasteiger partial charge in [0.15, 0.2) is 0 Å². The van der Waals surface area contributed by atoms with E-state index in [1.165, 1.54) is 93.9 Å². The molecule has 23 heavy (non-hydrogen) atoms. The molecule has 0 fully saturated rings. The zero-order valence-electron chi connectivity index (χ0n) is 16.0. The fourth-order valence-electron chi connectivity index (χ4n) is 3.35. The van der Waals surface area contributed by atoms with Crippen LogP contribution in [0.2, 0.25) is 0 Å². The van der Waals surface area contributed by atoms with Gasteiger partial charge in [-0.25, -0.2) is 0 Å². The first-order valence-corrected chi connectivity index (χ1v) is 10.1. The molecule has 0 bridgehead atoms. The summed E-state index contributed by atoms with van der Waals surface area (Å²) in [5, 5.41) is 0. The van der Waals surface area contributed by atoms with E-state index in [0.29, 0.717) is 0 Å². The Labute approximate surface area is 145 Å². The molecule has 1 nitrogen and oxygen atoms in total. The number of rotatable bonds is 14. The van der Waals surface area contributed by atoms with Crippen molar-refractivity contribution >= 4 is 0 Å². The van der Waals surface area contributed by atoms with Gasteiger partial charge in [0.1, 0.15) is 6.54 Å². The van der Waals surface area contributed by atoms with Gasteiger partial charge in [0.25, 0.3) is 0 Å². The van der Waals surface area contributed by atoms with Crippen LogP contribution < -0.4 is 0 Å². The number of unbranched alkanes of at least 4 members (excludes halogenated alkanes) is 9. The molecule has 0 aliphatic carbocycles. The van der Waals surface area contributed by atoms with Crippen LogP contribution in [0.25, 0.3) is 0 Å². The molecule has 0 spiro atoms. The Hall–Kier alpha value is -0.820. The molecule has 1 rings (SSSR count). The summed E-state index contributed by atoms with van der Waals surface area (Å²) in [5.74, 6) is 0. The van der Waals surface area contributed by atoms with Crippen LogP contribution >= 0.6 is 0 Å². The van der Waals surface area contributed by atoms with Gasteiger partial charge in [0.05, 0.1) is 20.1 Å². The van der Waals surface area contributed by atoms with Gasteiger partial charge < -0.3 is 4.48 Å². The standard InChI is InChI=1S/C22H40N/c1-4-6-7-8-9-10-11-12-13-17-20-23(3,5-2)21-22-18-15-14-16-19-22/h14-16,18-19H,4-13,17,20-21H2,1-3H3/q+1. The maximum atomic E-state index is 2.42. The highest BCUT2D eigenvalue weighted by molar-refractivity contribution is 5.13. The Kier molecular flexibility index (Phi) is 11.1. The molecule has 132 valence electrons. The number of benzene rings is 1. The quantitative estimate of drug-likeness (QED) is 0.269. The molecule has 0 aromatic heterocycles. The lowest BCUT2D eigenvalue weighted by Crippen LogP contribution is -2.43. The third kappa shape index (κ3) is 9.81. The summed E-state index contributed by atoms with van der Waals surface area (Å²) < 4.78 is 1.18. The maximum Gasteiger partial charge on any atom is 0.104 e. The average Bonchev–Trinajstić information content (AvgIpc) is 2.57. The molecular formula is C22H40N+. The van der Waals surface area contributed by atoms with E-state index >= 15 is 0 Å². The van der Waals surface area contributed by atoms with Crippen LogP contribution in [-0.4, -0.2) is 24.6 Å². The van der Waals surface area contributed by atoms with Crippen LogP contribution in [0.1, 0.15) is 83.6 Å². The van der Waals surface area contributed by atoms with Crippen LogP contribution in [0.15, 0.2) is 30.3 Å². The van der Waals surface area contributed by atoms with Crippen molar-refractivity contribution in [3.8, 4) is 0 Å². The highest BCUT2D eigenvalue weighted by atomic mass is 15.3. The summed E-state index contributed by atoms with van der Waals surface area (Å²) in [7, 11) is 2.42. The minimum Gasteiger partial charge on any atom is -0.323 e. The second-order valence-corrected chi connectivity index (χ2v) is 7.49. The van der Waals surface area contributed by atoms with E-state index in [1.54, 1.807) is 0 Å². The summed E-state index contributed by atoms with van der Waals surface area (Å²) >= 11 is 0. The molecule has 1 unspecified atom stereocenters. The Balaban J connectivity index is 2.08. The molecule has 0 heterocycles. The summed E-state index contributed by atoms with van der Waals surface area (Å²) in [6, 6.07) is 11.0. The first-order chi connectivity index (χ1) is 11.2. The molecule has 0 aliphatic rings. The van der Waals surface area contributed by atoms with Crippen molar-refractivity contribution < 1.29 is 4.48 Å². The summed E-state index contributed by atoms with van der Waals surface area (Å²) in [5.41, 5.74) is 1.48. The Morgan fingerprint density at radius 3 is 1.74 bits per heavy atom. The van der Waals surface area contributed by atoms with Crippen molar-refractivity contribution in [2.45, 2.75) is 84.6 Å². The third-order valence-electron chi connectivity index (χ3n) is 5.22. The van der Waals surface area contributed by atoms with Crippen LogP contribution in [-0.2, 0) is 6.54 Å². The lowest BCUT2D eigenvalue weighted by Gasteiger charge is -2.33. The third-order valence-corrected chi connectivity index (χ3v) is 5.22. The predicted molar refractivity (Wildman–Crippen MR) is 104 cm³/mol. The molecule has 0 saturated carbocycles. The lowest BCUT2D eigenvalue weighted by molar-refractivity contribution is -0.921. The highest BCUT2D eigenvalue weighted by Crippen LogP contribution is 2.15. The van der Waals surface area contributed by atoms with Gasteiger partial charge in [-0.05, 0) is 19.8 Å². The SMILES string of the molecule is CCCCCCCCCCCC[N+](C)(CC)Cc1ccccc1. The highest BCUT2D eigenvalue weighted by Gasteiger charge is 2.18. The zero-order chi connectivity index (χ0) is 16.8. The minimum atomic E-state index is 1.18. The van der Waals surface area contributed by atoms with E-state index in [9.17, 15) is 0 Å². The maximum absolute atomic E-state index is 2.42. The van der Waals surface area contributed by atoms with Crippen molar-refractivity contribution in [1.29, 1.82) is 0 Å². The van der Waals surface area contributed by atoms with E-state index < -0.39 is 0 Å². The summed E-state index contributed by atoms with van der Waals surface area (Å²) in [4.78, 5) is 0. The van der Waals surface area contributed by atoms with Gasteiger partial charge in [-0.3, -0.25) is 0 Å². The number of hydrogen-bond acceptors (Lipinski definition) is 0. The van der Waals surface area contributed by atoms with Crippen molar-refractivity contribution in [2.24, 2.45) is 0 Å². The number of hydrogen-bond donors (Lipinski definition) is 0. The fraction of sp³-hybridized carbons (Fsp3) is 0.727. The largest absolute Gasteiger partial charge is 0.323 e. The number of nitrogens with zero attached hydrogens (tertiary/aromatic N) is 1. The smallest absolute Gasteiger partial charge is 0.104 e. The average molecular weight is 319 g/mol. The first kappa shape index (κ1) is 20.2. The van der Waals surface area contributed by atoms with Gasteiger partial charge in [0, 0.05) is 5.56 Å². The topological polar surface area (TPSA) is 0 Å². The molecule has 0 saturated heterocycles. The molecule has 1 aromatic rings. The summed E-state index contributed by atoms with van der Waals surface area (Å²) in [6.07, 6.45) is 14.3. The first-order valence-electron chi connectivity index (χ1n) is 10.1. The van der Waals surface area contributed by atoms with E-state index in [0.717, 1.165) is 0 Å². The summed E-state index contributed by atoms with van der Waals surface area (Å²) in [6.45, 7) is 8.35. The van der Waals surface area contributed by atoms with E-state index in [4.69, 9.17) is 0 Å². The van der Waals surface area contributed by atoms with Gasteiger partial charge >= 0.3 is 0 Å².